The van der Waals surface area contributed by atoms with Crippen LogP contribution in [0.5, 0.6) is 0 Å². The van der Waals surface area contributed by atoms with E-state index in [-0.39, 0.29) is 18.0 Å². The van der Waals surface area contributed by atoms with E-state index < -0.39 is 5.97 Å². The molecular formula is C10H15N5O3. The molecule has 0 aliphatic heterocycles. The number of carbonyl (C=O) groups excluding carboxylic acids is 1. The number of aliphatic carboxylic acids is 1. The van der Waals surface area contributed by atoms with E-state index in [1.807, 2.05) is 0 Å². The molecule has 1 aromatic rings. The average Bonchev–Trinajstić information content (AvgIpc) is 2.89. The molecule has 0 spiro atoms. The molecule has 3 N–H and O–H groups in total. The van der Waals surface area contributed by atoms with Gasteiger partial charge in [0, 0.05) is 13.1 Å². The summed E-state index contributed by atoms with van der Waals surface area (Å²) in [6, 6.07) is -0.485. The fourth-order valence-electron chi connectivity index (χ4n) is 2.07. The Morgan fingerprint density at radius 3 is 2.83 bits per heavy atom. The van der Waals surface area contributed by atoms with Gasteiger partial charge >= 0.3 is 12.0 Å². The highest BCUT2D eigenvalue weighted by atomic mass is 16.4. The number of carbonyl (C=O) groups is 2. The lowest BCUT2D eigenvalue weighted by molar-refractivity contribution is -0.141. The first kappa shape index (κ1) is 12.3. The van der Waals surface area contributed by atoms with Crippen LogP contribution >= 0.6 is 0 Å². The summed E-state index contributed by atoms with van der Waals surface area (Å²) in [5.41, 5.74) is 0. The average molecular weight is 253 g/mol. The van der Waals surface area contributed by atoms with Gasteiger partial charge in [0.2, 0.25) is 5.95 Å². The minimum absolute atomic E-state index is 0.0978. The zero-order valence-electron chi connectivity index (χ0n) is 9.96. The molecule has 8 nitrogen and oxygen atoms in total. The summed E-state index contributed by atoms with van der Waals surface area (Å²) in [4.78, 5) is 26.3. The van der Waals surface area contributed by atoms with Crippen molar-refractivity contribution in [1.29, 1.82) is 0 Å². The molecule has 0 radical (unpaired) electrons. The van der Waals surface area contributed by atoms with Crippen molar-refractivity contribution in [3.8, 4) is 0 Å². The van der Waals surface area contributed by atoms with Crippen LogP contribution in [0.3, 0.4) is 0 Å². The van der Waals surface area contributed by atoms with Gasteiger partial charge in [0.1, 0.15) is 6.33 Å². The van der Waals surface area contributed by atoms with Crippen LogP contribution in [-0.2, 0) is 11.8 Å². The highest BCUT2D eigenvalue weighted by molar-refractivity contribution is 5.87. The van der Waals surface area contributed by atoms with Crippen molar-refractivity contribution in [3.05, 3.63) is 6.33 Å². The molecule has 1 aromatic heterocycles. The first-order chi connectivity index (χ1) is 8.56. The van der Waals surface area contributed by atoms with E-state index in [2.05, 4.69) is 20.7 Å². The Bertz CT molecular complexity index is 458. The van der Waals surface area contributed by atoms with Gasteiger partial charge < -0.3 is 10.4 Å². The van der Waals surface area contributed by atoms with E-state index in [1.165, 1.54) is 11.0 Å². The second kappa shape index (κ2) is 5.03. The molecule has 0 unspecified atom stereocenters. The van der Waals surface area contributed by atoms with Crippen LogP contribution in [0.2, 0.25) is 0 Å². The molecule has 2 atom stereocenters. The van der Waals surface area contributed by atoms with Gasteiger partial charge in [-0.05, 0) is 19.3 Å². The zero-order chi connectivity index (χ0) is 13.1. The number of aryl methyl sites for hydroxylation is 1. The van der Waals surface area contributed by atoms with Crippen molar-refractivity contribution in [2.24, 2.45) is 13.0 Å². The zero-order valence-corrected chi connectivity index (χ0v) is 9.96. The number of amides is 2. The SMILES string of the molecule is Cn1ncnc1NC(=O)N[C@@H]1CC[C@H](C(=O)O)C1. The van der Waals surface area contributed by atoms with E-state index in [0.717, 1.165) is 0 Å². The van der Waals surface area contributed by atoms with Gasteiger partial charge in [0.05, 0.1) is 5.92 Å². The van der Waals surface area contributed by atoms with Crippen molar-refractivity contribution in [1.82, 2.24) is 20.1 Å². The lowest BCUT2D eigenvalue weighted by atomic mass is 10.1. The Hall–Kier alpha value is -2.12. The molecule has 1 aliphatic carbocycles. The van der Waals surface area contributed by atoms with E-state index >= 15 is 0 Å². The molecule has 0 saturated heterocycles. The maximum atomic E-state index is 11.6. The monoisotopic (exact) mass is 253 g/mol. The normalized spacial score (nSPS) is 22.7. The van der Waals surface area contributed by atoms with Gasteiger partial charge in [-0.2, -0.15) is 10.1 Å². The number of carboxylic acids is 1. The Kier molecular flexibility index (Phi) is 3.45. The topological polar surface area (TPSA) is 109 Å². The van der Waals surface area contributed by atoms with E-state index in [4.69, 9.17) is 5.11 Å². The van der Waals surface area contributed by atoms with Gasteiger partial charge in [-0.15, -0.1) is 0 Å². The molecule has 1 fully saturated rings. The number of aromatic nitrogens is 3. The number of nitrogens with one attached hydrogen (secondary N) is 2. The van der Waals surface area contributed by atoms with Crippen LogP contribution in [0.4, 0.5) is 10.7 Å². The van der Waals surface area contributed by atoms with Gasteiger partial charge in [-0.1, -0.05) is 0 Å². The van der Waals surface area contributed by atoms with E-state index in [0.29, 0.717) is 25.2 Å². The largest absolute Gasteiger partial charge is 0.481 e. The van der Waals surface area contributed by atoms with Crippen LogP contribution < -0.4 is 10.6 Å². The maximum absolute atomic E-state index is 11.6. The molecule has 2 rings (SSSR count). The number of nitrogens with zero attached hydrogens (tertiary/aromatic N) is 3. The van der Waals surface area contributed by atoms with Crippen LogP contribution in [-0.4, -0.2) is 37.9 Å². The van der Waals surface area contributed by atoms with Crippen molar-refractivity contribution in [2.75, 3.05) is 5.32 Å². The number of hydrogen-bond donors (Lipinski definition) is 3. The Morgan fingerprint density at radius 2 is 2.28 bits per heavy atom. The van der Waals surface area contributed by atoms with Crippen LogP contribution in [0.25, 0.3) is 0 Å². The van der Waals surface area contributed by atoms with E-state index in [1.54, 1.807) is 7.05 Å². The molecule has 1 heterocycles. The highest BCUT2D eigenvalue weighted by Gasteiger charge is 2.30. The number of anilines is 1. The van der Waals surface area contributed by atoms with Gasteiger partial charge in [0.25, 0.3) is 0 Å². The number of hydrogen-bond acceptors (Lipinski definition) is 4. The van der Waals surface area contributed by atoms with Crippen LogP contribution in [0.15, 0.2) is 6.33 Å². The second-order valence-electron chi connectivity index (χ2n) is 4.35. The summed E-state index contributed by atoms with van der Waals surface area (Å²) in [6.45, 7) is 0. The predicted octanol–water partition coefficient (Wildman–Crippen LogP) is 0.190. The highest BCUT2D eigenvalue weighted by Crippen LogP contribution is 2.25. The third-order valence-electron chi connectivity index (χ3n) is 3.05. The minimum atomic E-state index is -0.798. The molecule has 2 amide bonds. The fourth-order valence-corrected chi connectivity index (χ4v) is 2.07. The number of urea groups is 1. The molecule has 1 aliphatic rings. The lowest BCUT2D eigenvalue weighted by Gasteiger charge is -2.12. The smallest absolute Gasteiger partial charge is 0.321 e. The Labute approximate surface area is 103 Å². The molecular weight excluding hydrogens is 238 g/mol. The summed E-state index contributed by atoms with van der Waals surface area (Å²) < 4.78 is 1.44. The van der Waals surface area contributed by atoms with Crippen LogP contribution in [0, 0.1) is 5.92 Å². The number of rotatable bonds is 3. The van der Waals surface area contributed by atoms with Crippen molar-refractivity contribution in [3.63, 3.8) is 0 Å². The minimum Gasteiger partial charge on any atom is -0.481 e. The third kappa shape index (κ3) is 2.76. The lowest BCUT2D eigenvalue weighted by Crippen LogP contribution is -2.37. The molecule has 0 bridgehead atoms. The van der Waals surface area contributed by atoms with Crippen molar-refractivity contribution in [2.45, 2.75) is 25.3 Å². The summed E-state index contributed by atoms with van der Waals surface area (Å²) in [6.07, 6.45) is 3.10. The Balaban J connectivity index is 1.82. The maximum Gasteiger partial charge on any atom is 0.321 e. The van der Waals surface area contributed by atoms with E-state index in [9.17, 15) is 9.59 Å². The van der Waals surface area contributed by atoms with Gasteiger partial charge in [-0.3, -0.25) is 10.1 Å². The van der Waals surface area contributed by atoms with Crippen LogP contribution in [0.1, 0.15) is 19.3 Å². The second-order valence-corrected chi connectivity index (χ2v) is 4.35. The molecule has 8 heteroatoms. The van der Waals surface area contributed by atoms with Gasteiger partial charge in [-0.25, -0.2) is 9.48 Å². The molecule has 0 aromatic carbocycles. The Morgan fingerprint density at radius 1 is 1.50 bits per heavy atom. The molecule has 18 heavy (non-hydrogen) atoms. The standard InChI is InChI=1S/C10H15N5O3/c1-15-9(11-5-12-15)14-10(18)13-7-3-2-6(4-7)8(16)17/h5-7H,2-4H2,1H3,(H,16,17)(H2,11,12,13,14,18)/t6-,7+/m0/s1. The molecule has 1 saturated carbocycles. The summed E-state index contributed by atoms with van der Waals surface area (Å²) in [7, 11) is 1.67. The third-order valence-corrected chi connectivity index (χ3v) is 3.05. The van der Waals surface area contributed by atoms with Crippen molar-refractivity contribution >= 4 is 17.9 Å². The first-order valence-electron chi connectivity index (χ1n) is 5.70. The summed E-state index contributed by atoms with van der Waals surface area (Å²) in [5, 5.41) is 18.0. The predicted molar refractivity (Wildman–Crippen MR) is 61.9 cm³/mol. The summed E-state index contributed by atoms with van der Waals surface area (Å²) >= 11 is 0. The van der Waals surface area contributed by atoms with Crippen molar-refractivity contribution < 1.29 is 14.7 Å². The van der Waals surface area contributed by atoms with Gasteiger partial charge in [0.15, 0.2) is 0 Å². The molecule has 98 valence electrons. The first-order valence-corrected chi connectivity index (χ1v) is 5.70. The number of carboxylic acid groups (broad SMARTS) is 1. The quantitative estimate of drug-likeness (QED) is 0.712. The fraction of sp³-hybridized carbons (Fsp3) is 0.600. The summed E-state index contributed by atoms with van der Waals surface area (Å²) in [5.74, 6) is -0.807.